The van der Waals surface area contributed by atoms with E-state index in [0.29, 0.717) is 25.1 Å². The molecular weight excluding hydrogens is 381 g/mol. The molecule has 0 aliphatic carbocycles. The molecular formula is C21H19F3N4O. The van der Waals surface area contributed by atoms with Crippen molar-refractivity contribution in [2.45, 2.75) is 25.1 Å². The molecule has 4 rings (SSSR count). The number of hydrogen-bond acceptors (Lipinski definition) is 3. The number of amides is 1. The van der Waals surface area contributed by atoms with E-state index in [2.05, 4.69) is 10.3 Å². The zero-order valence-corrected chi connectivity index (χ0v) is 15.5. The molecule has 0 radical (unpaired) electrons. The van der Waals surface area contributed by atoms with Crippen molar-refractivity contribution in [3.8, 4) is 11.3 Å². The fraction of sp³-hybridized carbons (Fsp3) is 0.286. The van der Waals surface area contributed by atoms with Gasteiger partial charge in [-0.05, 0) is 24.1 Å². The summed E-state index contributed by atoms with van der Waals surface area (Å²) in [6.45, 7) is 1.12. The Labute approximate surface area is 165 Å². The highest BCUT2D eigenvalue weighted by Crippen LogP contribution is 2.29. The Morgan fingerprint density at radius 1 is 1.03 bits per heavy atom. The van der Waals surface area contributed by atoms with Crippen LogP contribution in [0.25, 0.3) is 11.3 Å². The maximum absolute atomic E-state index is 12.6. The Bertz CT molecular complexity index is 977. The SMILES string of the molecule is O=C(CCc1ccc(C(F)(F)F)cc1)N1CC(n2cc(-c3ccccc3)nn2)C1. The minimum Gasteiger partial charge on any atom is -0.338 e. The summed E-state index contributed by atoms with van der Waals surface area (Å²) in [4.78, 5) is 14.1. The summed E-state index contributed by atoms with van der Waals surface area (Å²) in [5.41, 5.74) is 1.81. The zero-order valence-electron chi connectivity index (χ0n) is 15.5. The molecule has 1 amide bonds. The average molecular weight is 400 g/mol. The van der Waals surface area contributed by atoms with Gasteiger partial charge in [0.2, 0.25) is 5.91 Å². The molecule has 1 aromatic heterocycles. The quantitative estimate of drug-likeness (QED) is 0.651. The van der Waals surface area contributed by atoms with Crippen molar-refractivity contribution >= 4 is 5.91 Å². The molecule has 1 aliphatic heterocycles. The maximum Gasteiger partial charge on any atom is 0.416 e. The first-order chi connectivity index (χ1) is 13.9. The van der Waals surface area contributed by atoms with Crippen molar-refractivity contribution in [2.75, 3.05) is 13.1 Å². The molecule has 1 saturated heterocycles. The lowest BCUT2D eigenvalue weighted by atomic mass is 10.0. The normalized spacial score (nSPS) is 14.7. The summed E-state index contributed by atoms with van der Waals surface area (Å²) in [6.07, 6.45) is -1.78. The predicted molar refractivity (Wildman–Crippen MR) is 101 cm³/mol. The van der Waals surface area contributed by atoms with E-state index in [1.54, 1.807) is 9.58 Å². The predicted octanol–water partition coefficient (Wildman–Crippen LogP) is 3.98. The van der Waals surface area contributed by atoms with Gasteiger partial charge in [-0.1, -0.05) is 47.7 Å². The fourth-order valence-corrected chi connectivity index (χ4v) is 3.29. The molecule has 2 heterocycles. The van der Waals surface area contributed by atoms with Gasteiger partial charge in [-0.3, -0.25) is 4.79 Å². The number of carbonyl (C=O) groups is 1. The monoisotopic (exact) mass is 400 g/mol. The van der Waals surface area contributed by atoms with Gasteiger partial charge in [-0.2, -0.15) is 13.2 Å². The first-order valence-electron chi connectivity index (χ1n) is 9.31. The summed E-state index contributed by atoms with van der Waals surface area (Å²) in [5.74, 6) is -0.00968. The Kier molecular flexibility index (Phi) is 5.08. The van der Waals surface area contributed by atoms with Crippen molar-refractivity contribution in [3.05, 3.63) is 71.9 Å². The highest BCUT2D eigenvalue weighted by molar-refractivity contribution is 5.77. The van der Waals surface area contributed by atoms with E-state index in [1.807, 2.05) is 36.5 Å². The van der Waals surface area contributed by atoms with E-state index < -0.39 is 11.7 Å². The maximum atomic E-state index is 12.6. The molecule has 2 aromatic carbocycles. The Balaban J connectivity index is 1.27. The first kappa shape index (κ1) is 19.2. The number of alkyl halides is 3. The Morgan fingerprint density at radius 3 is 2.38 bits per heavy atom. The number of aromatic nitrogens is 3. The molecule has 0 N–H and O–H groups in total. The molecule has 5 nitrogen and oxygen atoms in total. The zero-order chi connectivity index (χ0) is 20.4. The van der Waals surface area contributed by atoms with Crippen LogP contribution in [0.3, 0.4) is 0 Å². The van der Waals surface area contributed by atoms with Crippen molar-refractivity contribution in [3.63, 3.8) is 0 Å². The molecule has 3 aromatic rings. The molecule has 150 valence electrons. The second kappa shape index (κ2) is 7.69. The fourth-order valence-electron chi connectivity index (χ4n) is 3.29. The molecule has 0 spiro atoms. The van der Waals surface area contributed by atoms with E-state index in [0.717, 1.165) is 23.4 Å². The van der Waals surface area contributed by atoms with E-state index in [9.17, 15) is 18.0 Å². The largest absolute Gasteiger partial charge is 0.416 e. The summed E-state index contributed by atoms with van der Waals surface area (Å²) >= 11 is 0. The summed E-state index contributed by atoms with van der Waals surface area (Å²) < 4.78 is 39.6. The van der Waals surface area contributed by atoms with E-state index in [4.69, 9.17) is 0 Å². The molecule has 8 heteroatoms. The molecule has 0 unspecified atom stereocenters. The topological polar surface area (TPSA) is 51.0 Å². The van der Waals surface area contributed by atoms with Crippen molar-refractivity contribution in [1.29, 1.82) is 0 Å². The Morgan fingerprint density at radius 2 is 1.72 bits per heavy atom. The molecule has 29 heavy (non-hydrogen) atoms. The van der Waals surface area contributed by atoms with Crippen LogP contribution in [0.15, 0.2) is 60.8 Å². The smallest absolute Gasteiger partial charge is 0.338 e. The lowest BCUT2D eigenvalue weighted by molar-refractivity contribution is -0.138. The van der Waals surface area contributed by atoms with Gasteiger partial charge < -0.3 is 4.90 Å². The first-order valence-corrected chi connectivity index (χ1v) is 9.31. The van der Waals surface area contributed by atoms with Crippen molar-refractivity contribution in [2.24, 2.45) is 0 Å². The average Bonchev–Trinajstić information content (AvgIpc) is 3.15. The van der Waals surface area contributed by atoms with Gasteiger partial charge in [0, 0.05) is 25.1 Å². The van der Waals surface area contributed by atoms with Crippen LogP contribution in [-0.4, -0.2) is 38.9 Å². The van der Waals surface area contributed by atoms with Crippen LogP contribution in [0.2, 0.25) is 0 Å². The molecule has 0 saturated carbocycles. The number of carbonyl (C=O) groups excluding carboxylic acids is 1. The van der Waals surface area contributed by atoms with Crippen LogP contribution in [-0.2, 0) is 17.4 Å². The number of aryl methyl sites for hydroxylation is 1. The van der Waals surface area contributed by atoms with Crippen LogP contribution in [0.5, 0.6) is 0 Å². The second-order valence-corrected chi connectivity index (χ2v) is 7.10. The van der Waals surface area contributed by atoms with Gasteiger partial charge in [0.1, 0.15) is 5.69 Å². The van der Waals surface area contributed by atoms with Crippen molar-refractivity contribution in [1.82, 2.24) is 19.9 Å². The number of nitrogens with zero attached hydrogens (tertiary/aromatic N) is 4. The highest BCUT2D eigenvalue weighted by atomic mass is 19.4. The van der Waals surface area contributed by atoms with Gasteiger partial charge in [0.15, 0.2) is 0 Å². The van der Waals surface area contributed by atoms with E-state index >= 15 is 0 Å². The van der Waals surface area contributed by atoms with Crippen LogP contribution >= 0.6 is 0 Å². The van der Waals surface area contributed by atoms with Crippen LogP contribution in [0.1, 0.15) is 23.6 Å². The lowest BCUT2D eigenvalue weighted by Crippen LogP contribution is -2.50. The van der Waals surface area contributed by atoms with Gasteiger partial charge in [0.25, 0.3) is 0 Å². The third-order valence-corrected chi connectivity index (χ3v) is 5.08. The summed E-state index contributed by atoms with van der Waals surface area (Å²) in [5, 5.41) is 8.36. The standard InChI is InChI=1S/C21H19F3N4O/c22-21(23,24)17-9-6-15(7-10-17)8-11-20(29)27-12-18(13-27)28-14-19(25-26-28)16-4-2-1-3-5-16/h1-7,9-10,14,18H,8,11-13H2. The molecule has 0 atom stereocenters. The lowest BCUT2D eigenvalue weighted by Gasteiger charge is -2.39. The van der Waals surface area contributed by atoms with Gasteiger partial charge in [-0.25, -0.2) is 4.68 Å². The highest BCUT2D eigenvalue weighted by Gasteiger charge is 2.33. The van der Waals surface area contributed by atoms with Gasteiger partial charge >= 0.3 is 6.18 Å². The van der Waals surface area contributed by atoms with Crippen LogP contribution in [0, 0.1) is 0 Å². The third-order valence-electron chi connectivity index (χ3n) is 5.08. The summed E-state index contributed by atoms with van der Waals surface area (Å²) in [6, 6.07) is 14.8. The van der Waals surface area contributed by atoms with E-state index in [-0.39, 0.29) is 18.4 Å². The number of benzene rings is 2. The van der Waals surface area contributed by atoms with Crippen LogP contribution < -0.4 is 0 Å². The molecule has 0 bridgehead atoms. The minimum atomic E-state index is -4.34. The van der Waals surface area contributed by atoms with Gasteiger partial charge in [-0.15, -0.1) is 5.10 Å². The Hall–Kier alpha value is -3.16. The second-order valence-electron chi connectivity index (χ2n) is 7.10. The van der Waals surface area contributed by atoms with Crippen molar-refractivity contribution < 1.29 is 18.0 Å². The summed E-state index contributed by atoms with van der Waals surface area (Å²) in [7, 11) is 0. The minimum absolute atomic E-state index is 0.00968. The number of halogens is 3. The third kappa shape index (κ3) is 4.31. The number of hydrogen-bond donors (Lipinski definition) is 0. The molecule has 1 fully saturated rings. The number of likely N-dealkylation sites (tertiary alicyclic amines) is 1. The van der Waals surface area contributed by atoms with E-state index in [1.165, 1.54) is 12.1 Å². The van der Waals surface area contributed by atoms with Gasteiger partial charge in [0.05, 0.1) is 17.8 Å². The number of rotatable bonds is 5. The molecule has 1 aliphatic rings. The van der Waals surface area contributed by atoms with Crippen LogP contribution in [0.4, 0.5) is 13.2 Å².